The molecule has 1 amide bonds. The molecule has 0 aliphatic carbocycles. The van der Waals surface area contributed by atoms with Crippen molar-refractivity contribution in [3.05, 3.63) is 29.8 Å². The molecule has 2 aromatic rings. The molecule has 0 aromatic carbocycles. The molecule has 6 heteroatoms. The molecule has 3 fully saturated rings. The first-order chi connectivity index (χ1) is 11.2. The molecule has 2 aromatic heterocycles. The quantitative estimate of drug-likeness (QED) is 0.875. The number of carbonyl (C=O) groups excluding carboxylic acids is 2. The van der Waals surface area contributed by atoms with Crippen LogP contribution in [0, 0.1) is 5.92 Å². The zero-order valence-corrected chi connectivity index (χ0v) is 13.0. The van der Waals surface area contributed by atoms with E-state index in [0.29, 0.717) is 34.2 Å². The third kappa shape index (κ3) is 2.43. The second-order valence-corrected chi connectivity index (χ2v) is 6.58. The van der Waals surface area contributed by atoms with Gasteiger partial charge in [0.25, 0.3) is 5.91 Å². The Labute approximate surface area is 133 Å². The lowest BCUT2D eigenvalue weighted by atomic mass is 9.80. The smallest absolute Gasteiger partial charge is 0.270 e. The Bertz CT molecular complexity index is 770. The fraction of sp³-hybridized carbons (Fsp3) is 0.471. The molecule has 1 N–H and O–H groups in total. The van der Waals surface area contributed by atoms with Crippen molar-refractivity contribution in [2.24, 2.45) is 5.92 Å². The maximum absolute atomic E-state index is 12.5. The zero-order valence-electron chi connectivity index (χ0n) is 13.0. The predicted molar refractivity (Wildman–Crippen MR) is 84.4 cm³/mol. The van der Waals surface area contributed by atoms with Gasteiger partial charge in [0.1, 0.15) is 12.0 Å². The molecule has 2 bridgehead atoms. The van der Waals surface area contributed by atoms with Gasteiger partial charge in [0.05, 0.1) is 11.8 Å². The minimum atomic E-state index is -0.184. The predicted octanol–water partition coefficient (Wildman–Crippen LogP) is 1.85. The van der Waals surface area contributed by atoms with E-state index >= 15 is 0 Å². The lowest BCUT2D eigenvalue weighted by molar-refractivity contribution is 0.0273. The molecule has 3 aliphatic rings. The third-order valence-electron chi connectivity index (χ3n) is 5.22. The van der Waals surface area contributed by atoms with Crippen LogP contribution in [-0.2, 0) is 0 Å². The fourth-order valence-electron chi connectivity index (χ4n) is 3.87. The van der Waals surface area contributed by atoms with Crippen LogP contribution >= 0.6 is 0 Å². The van der Waals surface area contributed by atoms with E-state index in [0.717, 1.165) is 32.2 Å². The van der Waals surface area contributed by atoms with E-state index in [1.165, 1.54) is 12.5 Å². The van der Waals surface area contributed by atoms with E-state index in [1.807, 2.05) is 0 Å². The lowest BCUT2D eigenvalue weighted by Gasteiger charge is -2.48. The first kappa shape index (κ1) is 14.4. The summed E-state index contributed by atoms with van der Waals surface area (Å²) >= 11 is 0. The maximum Gasteiger partial charge on any atom is 0.270 e. The van der Waals surface area contributed by atoms with Crippen LogP contribution in [0.5, 0.6) is 0 Å². The van der Waals surface area contributed by atoms with E-state index in [2.05, 4.69) is 22.1 Å². The lowest BCUT2D eigenvalue weighted by Crippen LogP contribution is -2.60. The molecule has 5 rings (SSSR count). The van der Waals surface area contributed by atoms with Gasteiger partial charge in [-0.1, -0.05) is 0 Å². The summed E-state index contributed by atoms with van der Waals surface area (Å²) in [6, 6.07) is 2.42. The van der Waals surface area contributed by atoms with Gasteiger partial charge >= 0.3 is 0 Å². The summed E-state index contributed by atoms with van der Waals surface area (Å²) in [5.74, 6) is 0.360. The van der Waals surface area contributed by atoms with Gasteiger partial charge in [-0.05, 0) is 38.3 Å². The molecule has 4 atom stereocenters. The maximum atomic E-state index is 12.5. The van der Waals surface area contributed by atoms with Gasteiger partial charge in [-0.15, -0.1) is 0 Å². The average Bonchev–Trinajstić information content (AvgIpc) is 2.98. The Hall–Kier alpha value is -2.21. The van der Waals surface area contributed by atoms with Crippen LogP contribution in [0.15, 0.2) is 22.9 Å². The summed E-state index contributed by atoms with van der Waals surface area (Å²) in [6.45, 7) is 4.28. The van der Waals surface area contributed by atoms with Crippen molar-refractivity contribution in [1.82, 2.24) is 15.2 Å². The van der Waals surface area contributed by atoms with Crippen LogP contribution in [0.2, 0.25) is 0 Å². The number of pyridine rings is 1. The van der Waals surface area contributed by atoms with Crippen molar-refractivity contribution in [3.63, 3.8) is 0 Å². The summed E-state index contributed by atoms with van der Waals surface area (Å²) in [7, 11) is 0. The van der Waals surface area contributed by atoms with Crippen molar-refractivity contribution in [3.8, 4) is 0 Å². The molecular weight excluding hydrogens is 294 g/mol. The van der Waals surface area contributed by atoms with Gasteiger partial charge in [0.2, 0.25) is 0 Å². The van der Waals surface area contributed by atoms with Gasteiger partial charge < -0.3 is 9.73 Å². The molecule has 0 radical (unpaired) electrons. The van der Waals surface area contributed by atoms with Crippen molar-refractivity contribution < 1.29 is 14.0 Å². The summed E-state index contributed by atoms with van der Waals surface area (Å²) in [5.41, 5.74) is 1.28. The third-order valence-corrected chi connectivity index (χ3v) is 5.22. The molecule has 0 saturated carbocycles. The van der Waals surface area contributed by atoms with Crippen LogP contribution in [0.3, 0.4) is 0 Å². The van der Waals surface area contributed by atoms with Crippen molar-refractivity contribution in [2.45, 2.75) is 31.8 Å². The number of furan rings is 1. The van der Waals surface area contributed by atoms with Crippen molar-refractivity contribution >= 4 is 23.2 Å². The molecule has 6 nitrogen and oxygen atoms in total. The Kier molecular flexibility index (Phi) is 3.41. The van der Waals surface area contributed by atoms with E-state index in [1.54, 1.807) is 6.07 Å². The minimum absolute atomic E-state index is 0.180. The highest BCUT2D eigenvalue weighted by molar-refractivity contribution is 6.00. The number of hydrogen-bond acceptors (Lipinski definition) is 5. The SMILES string of the molecule is CC1CC2CCN1CC2NC(=O)c1cc2c(C=O)coc2cn1. The summed E-state index contributed by atoms with van der Waals surface area (Å²) in [5, 5.41) is 3.75. The van der Waals surface area contributed by atoms with Gasteiger partial charge in [-0.2, -0.15) is 0 Å². The Balaban J connectivity index is 1.54. The van der Waals surface area contributed by atoms with Gasteiger partial charge in [-0.3, -0.25) is 14.5 Å². The second-order valence-electron chi connectivity index (χ2n) is 6.58. The monoisotopic (exact) mass is 313 g/mol. The van der Waals surface area contributed by atoms with Gasteiger partial charge in [0, 0.05) is 24.0 Å². The Morgan fingerprint density at radius 1 is 1.52 bits per heavy atom. The van der Waals surface area contributed by atoms with Crippen molar-refractivity contribution in [2.75, 3.05) is 13.1 Å². The second kappa shape index (κ2) is 5.45. The fourth-order valence-corrected chi connectivity index (χ4v) is 3.87. The number of aromatic nitrogens is 1. The summed E-state index contributed by atoms with van der Waals surface area (Å²) < 4.78 is 5.24. The van der Waals surface area contributed by atoms with E-state index in [4.69, 9.17) is 4.42 Å². The first-order valence-corrected chi connectivity index (χ1v) is 8.03. The Morgan fingerprint density at radius 2 is 2.39 bits per heavy atom. The molecule has 120 valence electrons. The number of aldehydes is 1. The number of piperidine rings is 3. The summed E-state index contributed by atoms with van der Waals surface area (Å²) in [6.07, 6.45) is 5.88. The molecule has 0 spiro atoms. The van der Waals surface area contributed by atoms with Crippen LogP contribution in [0.1, 0.15) is 40.6 Å². The number of nitrogens with one attached hydrogen (secondary N) is 1. The molecule has 4 unspecified atom stereocenters. The molecule has 23 heavy (non-hydrogen) atoms. The topological polar surface area (TPSA) is 75.4 Å². The van der Waals surface area contributed by atoms with Gasteiger partial charge in [-0.25, -0.2) is 4.98 Å². The number of amides is 1. The average molecular weight is 313 g/mol. The van der Waals surface area contributed by atoms with E-state index in [9.17, 15) is 9.59 Å². The molecule has 3 saturated heterocycles. The number of nitrogens with zero attached hydrogens (tertiary/aromatic N) is 2. The summed E-state index contributed by atoms with van der Waals surface area (Å²) in [4.78, 5) is 30.1. The molecular formula is C17H19N3O3. The Morgan fingerprint density at radius 3 is 3.09 bits per heavy atom. The van der Waals surface area contributed by atoms with Crippen molar-refractivity contribution in [1.29, 1.82) is 0 Å². The highest BCUT2D eigenvalue weighted by Crippen LogP contribution is 2.32. The van der Waals surface area contributed by atoms with Crippen LogP contribution in [0.25, 0.3) is 11.0 Å². The van der Waals surface area contributed by atoms with Crippen LogP contribution in [-0.4, -0.2) is 47.3 Å². The van der Waals surface area contributed by atoms with E-state index in [-0.39, 0.29) is 11.9 Å². The zero-order chi connectivity index (χ0) is 16.0. The molecule has 3 aliphatic heterocycles. The van der Waals surface area contributed by atoms with Gasteiger partial charge in [0.15, 0.2) is 11.9 Å². The standard InChI is InChI=1S/C17H19N3O3/c1-10-4-11-2-3-20(10)7-15(11)19-17(22)14-5-13-12(8-21)9-23-16(13)6-18-14/h5-6,8-11,15H,2-4,7H2,1H3,(H,19,22). The number of fused-ring (bicyclic) bond motifs is 4. The van der Waals surface area contributed by atoms with Crippen LogP contribution in [0.4, 0.5) is 0 Å². The van der Waals surface area contributed by atoms with Crippen LogP contribution < -0.4 is 5.32 Å². The first-order valence-electron chi connectivity index (χ1n) is 8.03. The van der Waals surface area contributed by atoms with E-state index < -0.39 is 0 Å². The number of carbonyl (C=O) groups is 2. The largest absolute Gasteiger partial charge is 0.462 e. The molecule has 5 heterocycles. The minimum Gasteiger partial charge on any atom is -0.462 e. The highest BCUT2D eigenvalue weighted by Gasteiger charge is 2.38. The number of hydrogen-bond donors (Lipinski definition) is 1. The normalized spacial score (nSPS) is 29.6. The highest BCUT2D eigenvalue weighted by atomic mass is 16.3. The number of rotatable bonds is 3.